The van der Waals surface area contributed by atoms with Crippen molar-refractivity contribution in [1.29, 1.82) is 0 Å². The van der Waals surface area contributed by atoms with Crippen molar-refractivity contribution in [2.75, 3.05) is 18.0 Å². The van der Waals surface area contributed by atoms with Gasteiger partial charge in [-0.25, -0.2) is 9.97 Å². The summed E-state index contributed by atoms with van der Waals surface area (Å²) in [6, 6.07) is 1.73. The number of nitrogens with zero attached hydrogens (tertiary/aromatic N) is 3. The summed E-state index contributed by atoms with van der Waals surface area (Å²) in [7, 11) is 0. The Hall–Kier alpha value is -1.27. The Morgan fingerprint density at radius 1 is 1.57 bits per heavy atom. The molecule has 0 spiro atoms. The summed E-state index contributed by atoms with van der Waals surface area (Å²) in [4.78, 5) is 10.2. The van der Waals surface area contributed by atoms with Crippen molar-refractivity contribution in [2.45, 2.75) is 6.10 Å². The maximum absolute atomic E-state index is 9.12. The Morgan fingerprint density at radius 3 is 2.86 bits per heavy atom. The Kier molecular flexibility index (Phi) is 2.30. The van der Waals surface area contributed by atoms with Crippen molar-refractivity contribution in [3.63, 3.8) is 0 Å². The predicted octanol–water partition coefficient (Wildman–Crippen LogP) is -0.708. The van der Waals surface area contributed by atoms with Gasteiger partial charge in [0.1, 0.15) is 22.8 Å². The Morgan fingerprint density at radius 2 is 2.29 bits per heavy atom. The monoisotopic (exact) mass is 210 g/mol. The molecule has 2 heterocycles. The molecule has 2 rings (SSSR count). The van der Waals surface area contributed by atoms with Crippen LogP contribution in [-0.4, -0.2) is 39.3 Å². The van der Waals surface area contributed by atoms with E-state index in [1.807, 2.05) is 4.90 Å². The lowest BCUT2D eigenvalue weighted by Gasteiger charge is -2.36. The summed E-state index contributed by atoms with van der Waals surface area (Å²) in [5.41, 5.74) is 6.00. The molecule has 0 amide bonds. The normalized spacial score (nSPS) is 16.5. The first-order valence-electron chi connectivity index (χ1n) is 4.21. The fraction of sp³-hybridized carbons (Fsp3) is 0.375. The van der Waals surface area contributed by atoms with E-state index >= 15 is 0 Å². The zero-order valence-electron chi connectivity index (χ0n) is 7.42. The van der Waals surface area contributed by atoms with Gasteiger partial charge < -0.3 is 15.7 Å². The van der Waals surface area contributed by atoms with Crippen LogP contribution in [0.1, 0.15) is 5.69 Å². The number of anilines is 1. The van der Waals surface area contributed by atoms with Gasteiger partial charge in [0, 0.05) is 19.2 Å². The summed E-state index contributed by atoms with van der Waals surface area (Å²) in [5.74, 6) is 0.758. The molecular formula is C8H10N4OS. The molecular weight excluding hydrogens is 200 g/mol. The average Bonchev–Trinajstić information content (AvgIpc) is 2.13. The fourth-order valence-electron chi connectivity index (χ4n) is 1.30. The molecule has 1 aliphatic heterocycles. The number of hydrogen-bond donors (Lipinski definition) is 2. The van der Waals surface area contributed by atoms with E-state index < -0.39 is 0 Å². The Labute approximate surface area is 86.6 Å². The fourth-order valence-corrected chi connectivity index (χ4v) is 1.41. The van der Waals surface area contributed by atoms with Crippen LogP contribution in [0.15, 0.2) is 12.4 Å². The molecule has 1 aromatic heterocycles. The van der Waals surface area contributed by atoms with Gasteiger partial charge in [-0.3, -0.25) is 0 Å². The maximum Gasteiger partial charge on any atom is 0.132 e. The first kappa shape index (κ1) is 9.29. The third-order valence-electron chi connectivity index (χ3n) is 2.09. The summed E-state index contributed by atoms with van der Waals surface area (Å²) >= 11 is 4.81. The highest BCUT2D eigenvalue weighted by Gasteiger charge is 2.25. The number of nitrogens with two attached hydrogens (primary N) is 1. The highest BCUT2D eigenvalue weighted by molar-refractivity contribution is 7.80. The molecule has 5 nitrogen and oxygen atoms in total. The summed E-state index contributed by atoms with van der Waals surface area (Å²) < 4.78 is 0. The van der Waals surface area contributed by atoms with Crippen molar-refractivity contribution in [3.05, 3.63) is 18.1 Å². The second kappa shape index (κ2) is 3.47. The van der Waals surface area contributed by atoms with Crippen LogP contribution in [0.3, 0.4) is 0 Å². The highest BCUT2D eigenvalue weighted by Crippen LogP contribution is 2.17. The minimum absolute atomic E-state index is 0.252. The smallest absolute Gasteiger partial charge is 0.132 e. The molecule has 1 saturated heterocycles. The lowest BCUT2D eigenvalue weighted by molar-refractivity contribution is 0.141. The summed E-state index contributed by atoms with van der Waals surface area (Å²) in [6.07, 6.45) is 1.17. The minimum Gasteiger partial charge on any atom is -0.389 e. The van der Waals surface area contributed by atoms with Gasteiger partial charge in [0.15, 0.2) is 0 Å². The molecule has 1 aromatic rings. The number of thiocarbonyl (C=S) groups is 1. The second-order valence-electron chi connectivity index (χ2n) is 3.18. The SMILES string of the molecule is NC(=S)c1cc(N2CC(O)C2)ncn1. The quantitative estimate of drug-likeness (QED) is 0.628. The van der Waals surface area contributed by atoms with Crippen molar-refractivity contribution >= 4 is 23.0 Å². The van der Waals surface area contributed by atoms with Crippen LogP contribution in [0.5, 0.6) is 0 Å². The van der Waals surface area contributed by atoms with Gasteiger partial charge in [0.05, 0.1) is 6.10 Å². The summed E-state index contributed by atoms with van der Waals surface area (Å²) in [6.45, 7) is 1.21. The second-order valence-corrected chi connectivity index (χ2v) is 3.62. The number of aliphatic hydroxyl groups excluding tert-OH is 1. The van der Waals surface area contributed by atoms with E-state index in [4.69, 9.17) is 23.1 Å². The molecule has 0 aromatic carbocycles. The Bertz CT molecular complexity index is 364. The molecule has 14 heavy (non-hydrogen) atoms. The van der Waals surface area contributed by atoms with Crippen molar-refractivity contribution in [1.82, 2.24) is 9.97 Å². The van der Waals surface area contributed by atoms with E-state index in [1.165, 1.54) is 6.33 Å². The van der Waals surface area contributed by atoms with E-state index in [9.17, 15) is 0 Å². The molecule has 1 aliphatic rings. The summed E-state index contributed by atoms with van der Waals surface area (Å²) in [5, 5.41) is 9.12. The molecule has 0 saturated carbocycles. The number of β-amino-alcohol motifs (C(OH)–C–C–N with tert-alkyl or cyclic N) is 1. The van der Waals surface area contributed by atoms with Gasteiger partial charge in [-0.05, 0) is 0 Å². The van der Waals surface area contributed by atoms with Crippen LogP contribution in [0.25, 0.3) is 0 Å². The van der Waals surface area contributed by atoms with Gasteiger partial charge in [-0.1, -0.05) is 12.2 Å². The van der Waals surface area contributed by atoms with E-state index in [0.717, 1.165) is 5.82 Å². The zero-order chi connectivity index (χ0) is 10.1. The first-order chi connectivity index (χ1) is 6.66. The van der Waals surface area contributed by atoms with Crippen molar-refractivity contribution in [3.8, 4) is 0 Å². The van der Waals surface area contributed by atoms with Gasteiger partial charge in [0.2, 0.25) is 0 Å². The zero-order valence-corrected chi connectivity index (χ0v) is 8.24. The van der Waals surface area contributed by atoms with Crippen LogP contribution < -0.4 is 10.6 Å². The molecule has 0 aliphatic carbocycles. The van der Waals surface area contributed by atoms with Crippen LogP contribution in [0.4, 0.5) is 5.82 Å². The van der Waals surface area contributed by atoms with Crippen LogP contribution in [0.2, 0.25) is 0 Å². The molecule has 1 fully saturated rings. The van der Waals surface area contributed by atoms with E-state index in [0.29, 0.717) is 18.8 Å². The van der Waals surface area contributed by atoms with Crippen molar-refractivity contribution < 1.29 is 5.11 Å². The molecule has 0 unspecified atom stereocenters. The van der Waals surface area contributed by atoms with E-state index in [-0.39, 0.29) is 11.1 Å². The molecule has 6 heteroatoms. The first-order valence-corrected chi connectivity index (χ1v) is 4.62. The number of rotatable bonds is 2. The number of aliphatic hydroxyl groups is 1. The van der Waals surface area contributed by atoms with E-state index in [2.05, 4.69) is 9.97 Å². The third kappa shape index (κ3) is 1.66. The molecule has 3 N–H and O–H groups in total. The molecule has 0 radical (unpaired) electrons. The minimum atomic E-state index is -0.252. The predicted molar refractivity (Wildman–Crippen MR) is 56.1 cm³/mol. The van der Waals surface area contributed by atoms with Crippen LogP contribution >= 0.6 is 12.2 Å². The molecule has 0 bridgehead atoms. The lowest BCUT2D eigenvalue weighted by Crippen LogP contribution is -2.51. The third-order valence-corrected chi connectivity index (χ3v) is 2.30. The number of hydrogen-bond acceptors (Lipinski definition) is 5. The van der Waals surface area contributed by atoms with Crippen molar-refractivity contribution in [2.24, 2.45) is 5.73 Å². The Balaban J connectivity index is 2.18. The topological polar surface area (TPSA) is 75.3 Å². The van der Waals surface area contributed by atoms with Crippen LogP contribution in [-0.2, 0) is 0 Å². The van der Waals surface area contributed by atoms with Gasteiger partial charge >= 0.3 is 0 Å². The van der Waals surface area contributed by atoms with Gasteiger partial charge in [-0.2, -0.15) is 0 Å². The standard InChI is InChI=1S/C8H10N4OS/c9-8(14)6-1-7(11-4-10-6)12-2-5(13)3-12/h1,4-5,13H,2-3H2,(H2,9,14). The van der Waals surface area contributed by atoms with Crippen LogP contribution in [0, 0.1) is 0 Å². The highest BCUT2D eigenvalue weighted by atomic mass is 32.1. The largest absolute Gasteiger partial charge is 0.389 e. The molecule has 74 valence electrons. The number of aromatic nitrogens is 2. The lowest BCUT2D eigenvalue weighted by atomic mass is 10.2. The van der Waals surface area contributed by atoms with Gasteiger partial charge in [-0.15, -0.1) is 0 Å². The molecule has 0 atom stereocenters. The average molecular weight is 210 g/mol. The van der Waals surface area contributed by atoms with E-state index in [1.54, 1.807) is 6.07 Å². The maximum atomic E-state index is 9.12. The van der Waals surface area contributed by atoms with Gasteiger partial charge in [0.25, 0.3) is 0 Å².